The van der Waals surface area contributed by atoms with Crippen LogP contribution < -0.4 is 4.57 Å². The Morgan fingerprint density at radius 3 is 2.74 bits per heavy atom. The number of rotatable bonds is 4. The summed E-state index contributed by atoms with van der Waals surface area (Å²) in [5.74, 6) is 0.982. The lowest BCUT2D eigenvalue weighted by Crippen LogP contribution is -2.57. The highest BCUT2D eigenvalue weighted by Gasteiger charge is 2.54. The van der Waals surface area contributed by atoms with E-state index in [0.717, 1.165) is 47.9 Å². The summed E-state index contributed by atoms with van der Waals surface area (Å²) in [6, 6.07) is 6.94. The van der Waals surface area contributed by atoms with E-state index in [1.54, 1.807) is 7.05 Å². The van der Waals surface area contributed by atoms with Crippen LogP contribution in [0.5, 0.6) is 0 Å². The molecule has 1 aromatic heterocycles. The van der Waals surface area contributed by atoms with E-state index in [4.69, 9.17) is 9.73 Å². The van der Waals surface area contributed by atoms with E-state index in [2.05, 4.69) is 11.5 Å². The van der Waals surface area contributed by atoms with Crippen LogP contribution in [0.4, 0.5) is 10.7 Å². The molecule has 0 aliphatic carbocycles. The standard InChI is InChI=1S/C23H28N5O3/c1-14-7-5-8-17(11-14)12-27-21(29)19-20(25(4)23(27)30)24-22-26(13-18-9-6-10-31-18)15(2)16(3)28(19)22/h5,7-8,11,18-19H,6,9-10,12-13H2,1-4H3/q+1. The summed E-state index contributed by atoms with van der Waals surface area (Å²) in [7, 11) is 1.70. The number of fused-ring (bicyclic) bond motifs is 3. The Labute approximate surface area is 181 Å². The molecular formula is C23H28N5O3+. The molecule has 3 aliphatic heterocycles. The fourth-order valence-electron chi connectivity index (χ4n) is 4.85. The minimum Gasteiger partial charge on any atom is -0.375 e. The second-order valence-corrected chi connectivity index (χ2v) is 8.71. The van der Waals surface area contributed by atoms with Crippen LogP contribution in [0.2, 0.25) is 0 Å². The Morgan fingerprint density at radius 1 is 1.23 bits per heavy atom. The fraction of sp³-hybridized carbons (Fsp3) is 0.478. The van der Waals surface area contributed by atoms with Gasteiger partial charge >= 0.3 is 12.0 Å². The van der Waals surface area contributed by atoms with Crippen LogP contribution in [0, 0.1) is 20.8 Å². The molecule has 31 heavy (non-hydrogen) atoms. The smallest absolute Gasteiger partial charge is 0.375 e. The highest BCUT2D eigenvalue weighted by atomic mass is 16.5. The van der Waals surface area contributed by atoms with Crippen molar-refractivity contribution in [3.63, 3.8) is 0 Å². The van der Waals surface area contributed by atoms with Gasteiger partial charge in [0.05, 0.1) is 19.2 Å². The summed E-state index contributed by atoms with van der Waals surface area (Å²) in [5, 5.41) is 0. The van der Waals surface area contributed by atoms with Crippen molar-refractivity contribution in [2.75, 3.05) is 13.7 Å². The molecule has 8 heteroatoms. The molecule has 2 saturated heterocycles. The molecular weight excluding hydrogens is 394 g/mol. The number of imide groups is 1. The zero-order chi connectivity index (χ0) is 21.9. The van der Waals surface area contributed by atoms with Gasteiger partial charge in [-0.15, -0.1) is 0 Å². The summed E-state index contributed by atoms with van der Waals surface area (Å²) in [5.41, 5.74) is 4.09. The first-order valence-corrected chi connectivity index (χ1v) is 10.8. The zero-order valence-electron chi connectivity index (χ0n) is 18.5. The second kappa shape index (κ2) is 7.30. The number of aromatic nitrogens is 2. The number of ether oxygens (including phenoxy) is 1. The second-order valence-electron chi connectivity index (χ2n) is 8.71. The van der Waals surface area contributed by atoms with Crippen molar-refractivity contribution in [1.29, 1.82) is 0 Å². The van der Waals surface area contributed by atoms with Gasteiger partial charge in [0.2, 0.25) is 11.9 Å². The first-order chi connectivity index (χ1) is 14.9. The first-order valence-electron chi connectivity index (χ1n) is 10.8. The number of imidazole rings is 1. The van der Waals surface area contributed by atoms with Crippen molar-refractivity contribution in [1.82, 2.24) is 14.4 Å². The van der Waals surface area contributed by atoms with E-state index in [1.807, 2.05) is 42.7 Å². The largest absolute Gasteiger partial charge is 0.402 e. The molecule has 8 nitrogen and oxygen atoms in total. The molecule has 4 heterocycles. The number of aliphatic imine (C=N–C) groups is 1. The van der Waals surface area contributed by atoms with Crippen molar-refractivity contribution < 1.29 is 18.9 Å². The molecule has 0 saturated carbocycles. The Hall–Kier alpha value is -3.00. The SMILES string of the molecule is Cc1cccc(CN2C(=O)C3C(=Nc4n3c(C)c(C)[n+]4CC3CCCO3)N(C)C2=O)c1. The quantitative estimate of drug-likeness (QED) is 0.711. The third-order valence-corrected chi connectivity index (χ3v) is 6.66. The molecule has 2 atom stereocenters. The molecule has 0 bridgehead atoms. The van der Waals surface area contributed by atoms with E-state index in [-0.39, 0.29) is 24.6 Å². The Balaban J connectivity index is 1.52. The third-order valence-electron chi connectivity index (χ3n) is 6.66. The van der Waals surface area contributed by atoms with Gasteiger partial charge in [-0.3, -0.25) is 14.6 Å². The van der Waals surface area contributed by atoms with Crippen LogP contribution in [0.15, 0.2) is 29.3 Å². The highest BCUT2D eigenvalue weighted by Crippen LogP contribution is 2.36. The van der Waals surface area contributed by atoms with E-state index < -0.39 is 6.04 Å². The van der Waals surface area contributed by atoms with Gasteiger partial charge in [0.25, 0.3) is 5.91 Å². The number of amidine groups is 1. The molecule has 0 N–H and O–H groups in total. The summed E-state index contributed by atoms with van der Waals surface area (Å²) in [6.07, 6.45) is 2.25. The summed E-state index contributed by atoms with van der Waals surface area (Å²) in [4.78, 5) is 34.3. The number of hydrogen-bond donors (Lipinski definition) is 0. The normalized spacial score (nSPS) is 22.8. The first kappa shape index (κ1) is 19.9. The number of hydrogen-bond acceptors (Lipinski definition) is 4. The highest BCUT2D eigenvalue weighted by molar-refractivity contribution is 6.20. The number of nitrogens with zero attached hydrogens (tertiary/aromatic N) is 5. The van der Waals surface area contributed by atoms with E-state index in [0.29, 0.717) is 12.4 Å². The maximum absolute atomic E-state index is 13.6. The Bertz CT molecular complexity index is 1110. The van der Waals surface area contributed by atoms with Crippen molar-refractivity contribution in [2.24, 2.45) is 4.99 Å². The Kier molecular flexibility index (Phi) is 4.69. The maximum Gasteiger partial charge on any atom is 0.402 e. The van der Waals surface area contributed by atoms with Crippen molar-refractivity contribution in [3.8, 4) is 0 Å². The minimum absolute atomic E-state index is 0.158. The minimum atomic E-state index is -0.619. The number of likely N-dealkylation sites (N-methyl/N-ethyl adjacent to an activating group) is 1. The monoisotopic (exact) mass is 422 g/mol. The maximum atomic E-state index is 13.6. The van der Waals surface area contributed by atoms with Gasteiger partial charge in [0.15, 0.2) is 0 Å². The fourth-order valence-corrected chi connectivity index (χ4v) is 4.85. The number of aryl methyl sites for hydroxylation is 1. The molecule has 162 valence electrons. The van der Waals surface area contributed by atoms with E-state index in [9.17, 15) is 9.59 Å². The van der Waals surface area contributed by atoms with Gasteiger partial charge in [-0.05, 0) is 39.2 Å². The molecule has 2 fully saturated rings. The molecule has 2 aromatic rings. The predicted molar refractivity (Wildman–Crippen MR) is 114 cm³/mol. The van der Waals surface area contributed by atoms with Crippen LogP contribution in [-0.2, 0) is 22.6 Å². The average molecular weight is 423 g/mol. The molecule has 1 aromatic carbocycles. The van der Waals surface area contributed by atoms with Gasteiger partial charge in [-0.25, -0.2) is 13.9 Å². The summed E-state index contributed by atoms with van der Waals surface area (Å²) >= 11 is 0. The van der Waals surface area contributed by atoms with Crippen LogP contribution in [-0.4, -0.2) is 51.9 Å². The van der Waals surface area contributed by atoms with Crippen LogP contribution in [0.1, 0.15) is 41.4 Å². The number of carbonyl (C=O) groups excluding carboxylic acids is 2. The topological polar surface area (TPSA) is 71.0 Å². The number of amides is 3. The number of benzene rings is 1. The van der Waals surface area contributed by atoms with Crippen molar-refractivity contribution in [2.45, 2.75) is 58.8 Å². The zero-order valence-corrected chi connectivity index (χ0v) is 18.5. The molecule has 3 aliphatic rings. The lowest BCUT2D eigenvalue weighted by Gasteiger charge is -2.33. The van der Waals surface area contributed by atoms with Crippen LogP contribution >= 0.6 is 0 Å². The van der Waals surface area contributed by atoms with Crippen LogP contribution in [0.3, 0.4) is 0 Å². The molecule has 0 radical (unpaired) electrons. The Morgan fingerprint density at radius 2 is 2.03 bits per heavy atom. The number of urea groups is 1. The molecule has 5 rings (SSSR count). The molecule has 2 unspecified atom stereocenters. The van der Waals surface area contributed by atoms with Gasteiger partial charge in [0, 0.05) is 13.7 Å². The lowest BCUT2D eigenvalue weighted by molar-refractivity contribution is -0.695. The van der Waals surface area contributed by atoms with Crippen LogP contribution in [0.25, 0.3) is 0 Å². The average Bonchev–Trinajstić information content (AvgIpc) is 3.44. The number of carbonyl (C=O) groups is 2. The predicted octanol–water partition coefficient (Wildman–Crippen LogP) is 2.56. The summed E-state index contributed by atoms with van der Waals surface area (Å²) < 4.78 is 9.95. The van der Waals surface area contributed by atoms with Crippen molar-refractivity contribution >= 4 is 23.7 Å². The summed E-state index contributed by atoms with van der Waals surface area (Å²) in [6.45, 7) is 7.81. The third kappa shape index (κ3) is 3.08. The van der Waals surface area contributed by atoms with E-state index in [1.165, 1.54) is 9.80 Å². The van der Waals surface area contributed by atoms with Gasteiger partial charge in [-0.1, -0.05) is 34.8 Å². The van der Waals surface area contributed by atoms with E-state index >= 15 is 0 Å². The van der Waals surface area contributed by atoms with Crippen molar-refractivity contribution in [3.05, 3.63) is 46.8 Å². The molecule has 3 amide bonds. The van der Waals surface area contributed by atoms with Gasteiger partial charge in [-0.2, -0.15) is 0 Å². The van der Waals surface area contributed by atoms with Gasteiger partial charge < -0.3 is 4.74 Å². The lowest BCUT2D eigenvalue weighted by atomic mass is 10.1. The van der Waals surface area contributed by atoms with Gasteiger partial charge in [0.1, 0.15) is 11.4 Å². The molecule has 0 spiro atoms.